The minimum Gasteiger partial charge on any atom is -0.405 e. The first-order valence-corrected chi connectivity index (χ1v) is 7.24. The fourth-order valence-electron chi connectivity index (χ4n) is 1.88. The van der Waals surface area contributed by atoms with Crippen LogP contribution in [-0.4, -0.2) is 51.5 Å². The number of guanidine groups is 1. The normalized spacial score (nSPS) is 12.4. The third kappa shape index (κ3) is 8.29. The van der Waals surface area contributed by atoms with E-state index in [9.17, 15) is 13.2 Å². The number of hydrogen-bond acceptors (Lipinski definition) is 3. The number of ether oxygens (including phenoxy) is 1. The van der Waals surface area contributed by atoms with Crippen molar-refractivity contribution in [3.05, 3.63) is 29.8 Å². The van der Waals surface area contributed by atoms with Crippen molar-refractivity contribution in [2.24, 2.45) is 4.99 Å². The van der Waals surface area contributed by atoms with Crippen LogP contribution >= 0.6 is 0 Å². The SMILES string of the molecule is CN=C(NCCCN(C)C)NCc1ccccc1OC(F)(F)F. The van der Waals surface area contributed by atoms with Gasteiger partial charge in [0.2, 0.25) is 0 Å². The van der Waals surface area contributed by atoms with Crippen molar-refractivity contribution in [2.45, 2.75) is 19.3 Å². The van der Waals surface area contributed by atoms with E-state index in [0.29, 0.717) is 11.5 Å². The molecule has 130 valence electrons. The highest BCUT2D eigenvalue weighted by Gasteiger charge is 2.31. The zero-order chi connectivity index (χ0) is 17.3. The van der Waals surface area contributed by atoms with Crippen LogP contribution in [-0.2, 0) is 6.54 Å². The van der Waals surface area contributed by atoms with Crippen molar-refractivity contribution < 1.29 is 17.9 Å². The number of benzene rings is 1. The molecule has 0 aromatic heterocycles. The molecule has 0 spiro atoms. The Morgan fingerprint density at radius 2 is 1.91 bits per heavy atom. The molecular weight excluding hydrogens is 309 g/mol. The molecule has 0 radical (unpaired) electrons. The molecule has 0 heterocycles. The van der Waals surface area contributed by atoms with Crippen molar-refractivity contribution in [1.29, 1.82) is 0 Å². The molecule has 0 aliphatic carbocycles. The largest absolute Gasteiger partial charge is 0.573 e. The van der Waals surface area contributed by atoms with Gasteiger partial charge in [0, 0.05) is 25.7 Å². The van der Waals surface area contributed by atoms with E-state index in [4.69, 9.17) is 0 Å². The number of rotatable bonds is 7. The molecule has 23 heavy (non-hydrogen) atoms. The van der Waals surface area contributed by atoms with Gasteiger partial charge in [-0.1, -0.05) is 18.2 Å². The van der Waals surface area contributed by atoms with Crippen molar-refractivity contribution in [3.63, 3.8) is 0 Å². The van der Waals surface area contributed by atoms with Gasteiger partial charge in [-0.2, -0.15) is 0 Å². The maximum atomic E-state index is 12.4. The maximum Gasteiger partial charge on any atom is 0.573 e. The summed E-state index contributed by atoms with van der Waals surface area (Å²) in [5.74, 6) is 0.320. The number of nitrogens with zero attached hydrogens (tertiary/aromatic N) is 2. The molecule has 0 atom stereocenters. The minimum absolute atomic E-state index is 0.180. The van der Waals surface area contributed by atoms with E-state index in [2.05, 4.69) is 25.3 Å². The Bertz CT molecular complexity index is 504. The Kier molecular flexibility index (Phi) is 7.67. The van der Waals surface area contributed by atoms with E-state index in [1.54, 1.807) is 19.2 Å². The molecule has 0 bridgehead atoms. The predicted molar refractivity (Wildman–Crippen MR) is 84.5 cm³/mol. The first-order valence-electron chi connectivity index (χ1n) is 7.24. The first kappa shape index (κ1) is 19.1. The van der Waals surface area contributed by atoms with E-state index < -0.39 is 6.36 Å². The maximum absolute atomic E-state index is 12.4. The van der Waals surface area contributed by atoms with E-state index in [1.165, 1.54) is 12.1 Å². The molecule has 0 unspecified atom stereocenters. The second-order valence-electron chi connectivity index (χ2n) is 5.16. The lowest BCUT2D eigenvalue weighted by atomic mass is 10.2. The van der Waals surface area contributed by atoms with Gasteiger partial charge >= 0.3 is 6.36 Å². The Morgan fingerprint density at radius 1 is 1.22 bits per heavy atom. The number of nitrogens with one attached hydrogen (secondary N) is 2. The number of hydrogen-bond donors (Lipinski definition) is 2. The monoisotopic (exact) mass is 332 g/mol. The molecule has 2 N–H and O–H groups in total. The van der Waals surface area contributed by atoms with Crippen molar-refractivity contribution in [1.82, 2.24) is 15.5 Å². The topological polar surface area (TPSA) is 48.9 Å². The van der Waals surface area contributed by atoms with Gasteiger partial charge in [-0.25, -0.2) is 0 Å². The zero-order valence-corrected chi connectivity index (χ0v) is 13.6. The van der Waals surface area contributed by atoms with Gasteiger partial charge in [0.05, 0.1) is 0 Å². The summed E-state index contributed by atoms with van der Waals surface area (Å²) in [6.07, 6.45) is -3.77. The smallest absolute Gasteiger partial charge is 0.405 e. The molecule has 8 heteroatoms. The van der Waals surface area contributed by atoms with Crippen LogP contribution in [0.5, 0.6) is 5.75 Å². The van der Waals surface area contributed by atoms with Gasteiger partial charge in [-0.05, 0) is 33.1 Å². The minimum atomic E-state index is -4.71. The third-order valence-electron chi connectivity index (χ3n) is 2.94. The number of aliphatic imine (C=N–C) groups is 1. The summed E-state index contributed by atoms with van der Waals surface area (Å²) in [6.45, 7) is 1.84. The Morgan fingerprint density at radius 3 is 2.52 bits per heavy atom. The summed E-state index contributed by atoms with van der Waals surface area (Å²) in [7, 11) is 5.59. The van der Waals surface area contributed by atoms with Crippen LogP contribution in [0.4, 0.5) is 13.2 Å². The van der Waals surface area contributed by atoms with Crippen LogP contribution in [0.1, 0.15) is 12.0 Å². The summed E-state index contributed by atoms with van der Waals surface area (Å²) in [6, 6.07) is 6.03. The predicted octanol–water partition coefficient (Wildman–Crippen LogP) is 2.20. The summed E-state index contributed by atoms with van der Waals surface area (Å²) in [5, 5.41) is 6.09. The van der Waals surface area contributed by atoms with Crippen molar-refractivity contribution in [2.75, 3.05) is 34.2 Å². The van der Waals surface area contributed by atoms with Gasteiger partial charge in [-0.3, -0.25) is 4.99 Å². The summed E-state index contributed by atoms with van der Waals surface area (Å²) in [4.78, 5) is 6.11. The van der Waals surface area contributed by atoms with E-state index in [-0.39, 0.29) is 12.3 Å². The van der Waals surface area contributed by atoms with E-state index in [1.807, 2.05) is 14.1 Å². The fraction of sp³-hybridized carbons (Fsp3) is 0.533. The van der Waals surface area contributed by atoms with E-state index in [0.717, 1.165) is 19.5 Å². The lowest BCUT2D eigenvalue weighted by Gasteiger charge is -2.16. The molecule has 0 aliphatic heterocycles. The number of para-hydroxylation sites is 1. The lowest BCUT2D eigenvalue weighted by molar-refractivity contribution is -0.274. The molecule has 0 saturated heterocycles. The van der Waals surface area contributed by atoms with Crippen LogP contribution < -0.4 is 15.4 Å². The average molecular weight is 332 g/mol. The molecule has 1 aromatic carbocycles. The number of alkyl halides is 3. The summed E-state index contributed by atoms with van der Waals surface area (Å²) >= 11 is 0. The quantitative estimate of drug-likeness (QED) is 0.457. The lowest BCUT2D eigenvalue weighted by Crippen LogP contribution is -2.38. The number of halogens is 3. The van der Waals surface area contributed by atoms with Gasteiger partial charge in [0.25, 0.3) is 0 Å². The molecule has 0 aliphatic rings. The van der Waals surface area contributed by atoms with Gasteiger partial charge in [-0.15, -0.1) is 13.2 Å². The second kappa shape index (κ2) is 9.24. The summed E-state index contributed by atoms with van der Waals surface area (Å²) < 4.78 is 41.1. The molecule has 5 nitrogen and oxygen atoms in total. The van der Waals surface area contributed by atoms with Crippen molar-refractivity contribution >= 4 is 5.96 Å². The van der Waals surface area contributed by atoms with Gasteiger partial charge in [0.15, 0.2) is 5.96 Å². The summed E-state index contributed by atoms with van der Waals surface area (Å²) in [5.41, 5.74) is 0.404. The third-order valence-corrected chi connectivity index (χ3v) is 2.94. The second-order valence-corrected chi connectivity index (χ2v) is 5.16. The fourth-order valence-corrected chi connectivity index (χ4v) is 1.88. The van der Waals surface area contributed by atoms with Gasteiger partial charge < -0.3 is 20.3 Å². The Hall–Kier alpha value is -1.96. The van der Waals surface area contributed by atoms with E-state index >= 15 is 0 Å². The molecule has 1 rings (SSSR count). The zero-order valence-electron chi connectivity index (χ0n) is 13.6. The Balaban J connectivity index is 2.52. The van der Waals surface area contributed by atoms with Crippen LogP contribution in [0.15, 0.2) is 29.3 Å². The van der Waals surface area contributed by atoms with Crippen LogP contribution in [0, 0.1) is 0 Å². The molecule has 0 saturated carbocycles. The highest BCUT2D eigenvalue weighted by molar-refractivity contribution is 5.79. The highest BCUT2D eigenvalue weighted by atomic mass is 19.4. The highest BCUT2D eigenvalue weighted by Crippen LogP contribution is 2.25. The van der Waals surface area contributed by atoms with Crippen LogP contribution in [0.3, 0.4) is 0 Å². The average Bonchev–Trinajstić information content (AvgIpc) is 2.46. The first-order chi connectivity index (χ1) is 10.8. The van der Waals surface area contributed by atoms with Crippen molar-refractivity contribution in [3.8, 4) is 5.75 Å². The Labute approximate surface area is 134 Å². The standard InChI is InChI=1S/C15H23F3N4O/c1-19-14(20-9-6-10-22(2)3)21-11-12-7-4-5-8-13(12)23-15(16,17)18/h4-5,7-8H,6,9-11H2,1-3H3,(H2,19,20,21). The molecular formula is C15H23F3N4O. The molecule has 0 amide bonds. The molecule has 0 fully saturated rings. The van der Waals surface area contributed by atoms with Crippen LogP contribution in [0.25, 0.3) is 0 Å². The van der Waals surface area contributed by atoms with Gasteiger partial charge in [0.1, 0.15) is 5.75 Å². The van der Waals surface area contributed by atoms with Crippen LogP contribution in [0.2, 0.25) is 0 Å². The molecule has 1 aromatic rings.